The van der Waals surface area contributed by atoms with E-state index in [-0.39, 0.29) is 11.7 Å². The molecule has 0 saturated heterocycles. The SMILES string of the molecule is CS(=O)(=O)CCC(O)C1C2CCc3ccccc3C21. The standard InChI is InChI=1S/C15H20O3S/c1-19(17,18)9-8-13(16)15-12-7-6-10-4-2-3-5-11(10)14(12)15/h2-5,12-16H,6-9H2,1H3. The van der Waals surface area contributed by atoms with Crippen molar-refractivity contribution in [2.45, 2.75) is 31.3 Å². The molecule has 104 valence electrons. The molecule has 1 fully saturated rings. The first kappa shape index (κ1) is 13.1. The molecule has 0 heterocycles. The van der Waals surface area contributed by atoms with Gasteiger partial charge in [0, 0.05) is 6.26 Å². The van der Waals surface area contributed by atoms with Crippen molar-refractivity contribution < 1.29 is 13.5 Å². The molecule has 4 heteroatoms. The Hall–Kier alpha value is -0.870. The van der Waals surface area contributed by atoms with Crippen molar-refractivity contribution in [3.8, 4) is 0 Å². The molecule has 4 unspecified atom stereocenters. The minimum absolute atomic E-state index is 0.0890. The zero-order valence-electron chi connectivity index (χ0n) is 11.1. The second-order valence-corrected chi connectivity index (χ2v) is 8.25. The maximum atomic E-state index is 11.2. The normalized spacial score (nSPS) is 30.3. The molecule has 0 radical (unpaired) electrons. The minimum Gasteiger partial charge on any atom is -0.393 e. The van der Waals surface area contributed by atoms with Crippen LogP contribution in [0.3, 0.4) is 0 Å². The fourth-order valence-corrected chi connectivity index (χ4v) is 4.34. The summed E-state index contributed by atoms with van der Waals surface area (Å²) in [5.74, 6) is 1.38. The van der Waals surface area contributed by atoms with Crippen molar-refractivity contribution in [3.05, 3.63) is 35.4 Å². The predicted octanol–water partition coefficient (Wildman–Crippen LogP) is 1.76. The van der Waals surface area contributed by atoms with Crippen LogP contribution < -0.4 is 0 Å². The highest BCUT2D eigenvalue weighted by Gasteiger charge is 2.55. The molecule has 0 spiro atoms. The highest BCUT2D eigenvalue weighted by molar-refractivity contribution is 7.90. The van der Waals surface area contributed by atoms with E-state index in [4.69, 9.17) is 0 Å². The molecular weight excluding hydrogens is 260 g/mol. The summed E-state index contributed by atoms with van der Waals surface area (Å²) in [6, 6.07) is 8.45. The van der Waals surface area contributed by atoms with Gasteiger partial charge in [-0.1, -0.05) is 24.3 Å². The van der Waals surface area contributed by atoms with E-state index in [9.17, 15) is 13.5 Å². The molecule has 1 aromatic carbocycles. The van der Waals surface area contributed by atoms with Crippen LogP contribution in [0.4, 0.5) is 0 Å². The van der Waals surface area contributed by atoms with E-state index in [2.05, 4.69) is 24.3 Å². The molecule has 1 saturated carbocycles. The van der Waals surface area contributed by atoms with E-state index >= 15 is 0 Å². The number of aliphatic hydroxyl groups excluding tert-OH is 1. The first-order chi connectivity index (χ1) is 8.97. The lowest BCUT2D eigenvalue weighted by molar-refractivity contribution is 0.139. The summed E-state index contributed by atoms with van der Waals surface area (Å²) in [7, 11) is -2.98. The molecule has 3 rings (SSSR count). The van der Waals surface area contributed by atoms with Crippen LogP contribution in [0.25, 0.3) is 0 Å². The van der Waals surface area contributed by atoms with Crippen LogP contribution >= 0.6 is 0 Å². The molecule has 2 aliphatic rings. The van der Waals surface area contributed by atoms with Crippen molar-refractivity contribution >= 4 is 9.84 Å². The quantitative estimate of drug-likeness (QED) is 0.914. The lowest BCUT2D eigenvalue weighted by Gasteiger charge is -2.13. The summed E-state index contributed by atoms with van der Waals surface area (Å²) in [6.07, 6.45) is 3.35. The number of benzene rings is 1. The highest BCUT2D eigenvalue weighted by Crippen LogP contribution is 2.61. The molecule has 2 aliphatic carbocycles. The number of rotatable bonds is 4. The number of aryl methyl sites for hydroxylation is 1. The molecule has 0 bridgehead atoms. The number of aliphatic hydroxyl groups is 1. The molecule has 0 aliphatic heterocycles. The largest absolute Gasteiger partial charge is 0.393 e. The van der Waals surface area contributed by atoms with Crippen LogP contribution in [0.5, 0.6) is 0 Å². The van der Waals surface area contributed by atoms with Gasteiger partial charge in [-0.3, -0.25) is 0 Å². The van der Waals surface area contributed by atoms with E-state index in [1.54, 1.807) is 0 Å². The van der Waals surface area contributed by atoms with Crippen molar-refractivity contribution in [1.29, 1.82) is 0 Å². The van der Waals surface area contributed by atoms with Crippen molar-refractivity contribution in [2.24, 2.45) is 11.8 Å². The van der Waals surface area contributed by atoms with Gasteiger partial charge in [0.1, 0.15) is 9.84 Å². The van der Waals surface area contributed by atoms with Gasteiger partial charge in [0.2, 0.25) is 0 Å². The molecule has 1 aromatic rings. The fourth-order valence-electron chi connectivity index (χ4n) is 3.67. The van der Waals surface area contributed by atoms with Crippen LogP contribution in [-0.4, -0.2) is 31.6 Å². The maximum Gasteiger partial charge on any atom is 0.147 e. The fraction of sp³-hybridized carbons (Fsp3) is 0.600. The van der Waals surface area contributed by atoms with Crippen molar-refractivity contribution in [3.63, 3.8) is 0 Å². The van der Waals surface area contributed by atoms with Gasteiger partial charge in [-0.05, 0) is 48.1 Å². The van der Waals surface area contributed by atoms with Gasteiger partial charge in [-0.15, -0.1) is 0 Å². The second kappa shape index (κ2) is 4.60. The predicted molar refractivity (Wildman–Crippen MR) is 74.8 cm³/mol. The van der Waals surface area contributed by atoms with Gasteiger partial charge in [0.15, 0.2) is 0 Å². The Morgan fingerprint density at radius 2 is 2.11 bits per heavy atom. The average Bonchev–Trinajstić information content (AvgIpc) is 3.10. The third kappa shape index (κ3) is 2.56. The number of hydrogen-bond donors (Lipinski definition) is 1. The maximum absolute atomic E-state index is 11.2. The molecule has 19 heavy (non-hydrogen) atoms. The summed E-state index contributed by atoms with van der Waals surface area (Å²) in [4.78, 5) is 0. The summed E-state index contributed by atoms with van der Waals surface area (Å²) in [6.45, 7) is 0. The zero-order chi connectivity index (χ0) is 13.6. The summed E-state index contributed by atoms with van der Waals surface area (Å²) >= 11 is 0. The lowest BCUT2D eigenvalue weighted by atomic mass is 9.92. The molecule has 0 aromatic heterocycles. The summed E-state index contributed by atoms with van der Waals surface area (Å²) in [5.41, 5.74) is 2.78. The molecule has 3 nitrogen and oxygen atoms in total. The summed E-state index contributed by atoms with van der Waals surface area (Å²) in [5, 5.41) is 10.2. The van der Waals surface area contributed by atoms with Crippen molar-refractivity contribution in [2.75, 3.05) is 12.0 Å². The van der Waals surface area contributed by atoms with Gasteiger partial charge in [-0.2, -0.15) is 0 Å². The Bertz CT molecular complexity index is 579. The van der Waals surface area contributed by atoms with Crippen LogP contribution in [0.15, 0.2) is 24.3 Å². The van der Waals surface area contributed by atoms with Crippen molar-refractivity contribution in [1.82, 2.24) is 0 Å². The first-order valence-corrected chi connectivity index (χ1v) is 8.97. The van der Waals surface area contributed by atoms with E-state index in [1.165, 1.54) is 17.4 Å². The first-order valence-electron chi connectivity index (χ1n) is 6.91. The van der Waals surface area contributed by atoms with Gasteiger partial charge >= 0.3 is 0 Å². The third-order valence-corrected chi connectivity index (χ3v) is 5.60. The van der Waals surface area contributed by atoms with Crippen LogP contribution in [0, 0.1) is 11.8 Å². The average molecular weight is 280 g/mol. The molecule has 1 N–H and O–H groups in total. The second-order valence-electron chi connectivity index (χ2n) is 5.99. The van der Waals surface area contributed by atoms with Gasteiger partial charge in [0.05, 0.1) is 11.9 Å². The molecule has 0 amide bonds. The van der Waals surface area contributed by atoms with Crippen LogP contribution in [0.1, 0.15) is 29.9 Å². The Morgan fingerprint density at radius 1 is 1.37 bits per heavy atom. The third-order valence-electron chi connectivity index (χ3n) is 4.62. The lowest BCUT2D eigenvalue weighted by Crippen LogP contribution is -2.17. The zero-order valence-corrected chi connectivity index (χ0v) is 11.9. The Balaban J connectivity index is 1.70. The monoisotopic (exact) mass is 280 g/mol. The molecular formula is C15H20O3S. The van der Waals surface area contributed by atoms with E-state index in [0.717, 1.165) is 12.8 Å². The smallest absolute Gasteiger partial charge is 0.147 e. The topological polar surface area (TPSA) is 54.4 Å². The van der Waals surface area contributed by atoms with Crippen LogP contribution in [0.2, 0.25) is 0 Å². The Kier molecular flexibility index (Phi) is 3.18. The Morgan fingerprint density at radius 3 is 2.84 bits per heavy atom. The van der Waals surface area contributed by atoms with Gasteiger partial charge in [-0.25, -0.2) is 8.42 Å². The van der Waals surface area contributed by atoms with Gasteiger partial charge in [0.25, 0.3) is 0 Å². The van der Waals surface area contributed by atoms with Crippen LogP contribution in [-0.2, 0) is 16.3 Å². The molecule has 4 atom stereocenters. The number of sulfone groups is 1. The van der Waals surface area contributed by atoms with E-state index in [1.807, 2.05) is 0 Å². The Labute approximate surface area is 114 Å². The minimum atomic E-state index is -2.98. The van der Waals surface area contributed by atoms with E-state index in [0.29, 0.717) is 18.3 Å². The highest BCUT2D eigenvalue weighted by atomic mass is 32.2. The van der Waals surface area contributed by atoms with E-state index < -0.39 is 15.9 Å². The van der Waals surface area contributed by atoms with Gasteiger partial charge < -0.3 is 5.11 Å². The summed E-state index contributed by atoms with van der Waals surface area (Å²) < 4.78 is 22.4. The number of hydrogen-bond acceptors (Lipinski definition) is 3. The number of fused-ring (bicyclic) bond motifs is 3.